The Balaban J connectivity index is 1.25. The van der Waals surface area contributed by atoms with Gasteiger partial charge in [-0.2, -0.15) is 0 Å². The van der Waals surface area contributed by atoms with Crippen molar-refractivity contribution in [3.8, 4) is 5.75 Å². The molecule has 0 aliphatic carbocycles. The molecule has 7 nitrogen and oxygen atoms in total. The van der Waals surface area contributed by atoms with Crippen LogP contribution in [0.2, 0.25) is 0 Å². The van der Waals surface area contributed by atoms with Gasteiger partial charge in [-0.25, -0.2) is 9.02 Å². The quantitative estimate of drug-likeness (QED) is 0.465. The molecule has 1 saturated heterocycles. The molecule has 0 unspecified atom stereocenters. The molecule has 1 fully saturated rings. The van der Waals surface area contributed by atoms with E-state index < -0.39 is 0 Å². The fourth-order valence-electron chi connectivity index (χ4n) is 4.00. The lowest BCUT2D eigenvalue weighted by molar-refractivity contribution is -0.127. The first-order valence-electron chi connectivity index (χ1n) is 11.4. The molecule has 4 rings (SSSR count). The zero-order valence-corrected chi connectivity index (χ0v) is 19.5. The molecule has 3 aromatic rings. The van der Waals surface area contributed by atoms with Gasteiger partial charge in [-0.05, 0) is 55.4 Å². The summed E-state index contributed by atoms with van der Waals surface area (Å²) in [4.78, 5) is 16.4. The smallest absolute Gasteiger partial charge is 0.246 e. The standard InChI is InChI=1S/C26H29FN4O3/c1-19-25(29-34-28-19)18-30(2)17-21-6-4-8-24(16-21)33-23-11-13-31(14-12-23)26(32)10-9-20-5-3-7-22(27)15-20/h3-10,15-16,23H,11-14,17-18H2,1-2H3. The Morgan fingerprint density at radius 3 is 2.71 bits per heavy atom. The Hall–Kier alpha value is -3.52. The molecular formula is C26H29FN4O3. The third-order valence-electron chi connectivity index (χ3n) is 5.84. The average molecular weight is 465 g/mol. The Morgan fingerprint density at radius 2 is 1.97 bits per heavy atom. The van der Waals surface area contributed by atoms with Crippen molar-refractivity contribution < 1.29 is 18.6 Å². The number of carbonyl (C=O) groups is 1. The number of piperidine rings is 1. The van der Waals surface area contributed by atoms with E-state index in [2.05, 4.69) is 27.3 Å². The highest BCUT2D eigenvalue weighted by atomic mass is 19.1. The van der Waals surface area contributed by atoms with Gasteiger partial charge in [-0.15, -0.1) is 0 Å². The van der Waals surface area contributed by atoms with Crippen molar-refractivity contribution in [2.45, 2.75) is 39.0 Å². The van der Waals surface area contributed by atoms with E-state index in [0.29, 0.717) is 25.2 Å². The molecule has 34 heavy (non-hydrogen) atoms. The predicted molar refractivity (Wildman–Crippen MR) is 126 cm³/mol. The first-order chi connectivity index (χ1) is 16.5. The molecule has 1 amide bonds. The first kappa shape index (κ1) is 23.6. The van der Waals surface area contributed by atoms with Gasteiger partial charge in [0.25, 0.3) is 0 Å². The average Bonchev–Trinajstić information content (AvgIpc) is 3.22. The van der Waals surface area contributed by atoms with Gasteiger partial charge in [0, 0.05) is 45.1 Å². The number of amides is 1. The molecule has 0 bridgehead atoms. The molecule has 0 saturated carbocycles. The first-order valence-corrected chi connectivity index (χ1v) is 11.4. The Labute approximate surface area is 198 Å². The zero-order chi connectivity index (χ0) is 23.9. The number of halogens is 1. The summed E-state index contributed by atoms with van der Waals surface area (Å²) < 4.78 is 24.3. The van der Waals surface area contributed by atoms with E-state index in [1.165, 1.54) is 18.2 Å². The number of aryl methyl sites for hydroxylation is 1. The van der Waals surface area contributed by atoms with E-state index in [9.17, 15) is 9.18 Å². The molecule has 1 aliphatic heterocycles. The van der Waals surface area contributed by atoms with Gasteiger partial charge in [0.2, 0.25) is 5.91 Å². The summed E-state index contributed by atoms with van der Waals surface area (Å²) in [5, 5.41) is 7.77. The second-order valence-corrected chi connectivity index (χ2v) is 8.65. The minimum absolute atomic E-state index is 0.0630. The number of carbonyl (C=O) groups excluding carboxylic acids is 1. The number of hydrogen-bond donors (Lipinski definition) is 0. The van der Waals surface area contributed by atoms with Crippen LogP contribution in [0.15, 0.2) is 59.2 Å². The lowest BCUT2D eigenvalue weighted by Gasteiger charge is -2.31. The fourth-order valence-corrected chi connectivity index (χ4v) is 4.00. The zero-order valence-electron chi connectivity index (χ0n) is 19.5. The normalized spacial score (nSPS) is 14.8. The van der Waals surface area contributed by atoms with Crippen LogP contribution >= 0.6 is 0 Å². The van der Waals surface area contributed by atoms with Gasteiger partial charge < -0.3 is 9.64 Å². The molecule has 0 radical (unpaired) electrons. The number of benzene rings is 2. The molecule has 2 aromatic carbocycles. The number of ether oxygens (including phenoxy) is 1. The molecule has 8 heteroatoms. The number of aromatic nitrogens is 2. The lowest BCUT2D eigenvalue weighted by Crippen LogP contribution is -2.41. The highest BCUT2D eigenvalue weighted by molar-refractivity contribution is 5.91. The van der Waals surface area contributed by atoms with Crippen molar-refractivity contribution in [2.75, 3.05) is 20.1 Å². The predicted octanol–water partition coefficient (Wildman–Crippen LogP) is 4.23. The number of hydrogen-bond acceptors (Lipinski definition) is 6. The summed E-state index contributed by atoms with van der Waals surface area (Å²) in [5.41, 5.74) is 3.45. The maximum atomic E-state index is 13.3. The van der Waals surface area contributed by atoms with Crippen molar-refractivity contribution in [1.29, 1.82) is 0 Å². The highest BCUT2D eigenvalue weighted by Gasteiger charge is 2.23. The summed E-state index contributed by atoms with van der Waals surface area (Å²) in [7, 11) is 2.02. The number of likely N-dealkylation sites (tertiary alicyclic amines) is 1. The molecular weight excluding hydrogens is 435 g/mol. The fraction of sp³-hybridized carbons (Fsp3) is 0.346. The van der Waals surface area contributed by atoms with Crippen LogP contribution in [-0.2, 0) is 17.9 Å². The molecule has 1 aliphatic rings. The lowest BCUT2D eigenvalue weighted by atomic mass is 10.1. The Kier molecular flexibility index (Phi) is 7.69. The van der Waals surface area contributed by atoms with Crippen LogP contribution in [0.3, 0.4) is 0 Å². The minimum atomic E-state index is -0.314. The van der Waals surface area contributed by atoms with Gasteiger partial charge in [0.1, 0.15) is 29.1 Å². The van der Waals surface area contributed by atoms with Crippen LogP contribution in [0.25, 0.3) is 6.08 Å². The molecule has 0 atom stereocenters. The SMILES string of the molecule is Cc1nonc1CN(C)Cc1cccc(OC2CCN(C(=O)C=Cc3cccc(F)c3)CC2)c1. The summed E-state index contributed by atoms with van der Waals surface area (Å²) in [6.45, 7) is 4.54. The largest absolute Gasteiger partial charge is 0.490 e. The van der Waals surface area contributed by atoms with Crippen LogP contribution in [0.5, 0.6) is 5.75 Å². The van der Waals surface area contributed by atoms with Crippen LogP contribution < -0.4 is 4.74 Å². The second kappa shape index (κ2) is 11.1. The van der Waals surface area contributed by atoms with E-state index >= 15 is 0 Å². The minimum Gasteiger partial charge on any atom is -0.490 e. The van der Waals surface area contributed by atoms with Crippen LogP contribution in [-0.4, -0.2) is 52.3 Å². The van der Waals surface area contributed by atoms with Crippen molar-refractivity contribution in [1.82, 2.24) is 20.1 Å². The van der Waals surface area contributed by atoms with Gasteiger partial charge >= 0.3 is 0 Å². The van der Waals surface area contributed by atoms with Crippen molar-refractivity contribution in [2.24, 2.45) is 0 Å². The van der Waals surface area contributed by atoms with Gasteiger partial charge in [-0.1, -0.05) is 34.6 Å². The van der Waals surface area contributed by atoms with Gasteiger partial charge in [-0.3, -0.25) is 9.69 Å². The summed E-state index contributed by atoms with van der Waals surface area (Å²) in [6.07, 6.45) is 4.75. The van der Waals surface area contributed by atoms with Crippen molar-refractivity contribution in [3.05, 3.63) is 82.9 Å². The molecule has 178 valence electrons. The van der Waals surface area contributed by atoms with E-state index in [1.54, 1.807) is 18.2 Å². The second-order valence-electron chi connectivity index (χ2n) is 8.65. The number of nitrogens with zero attached hydrogens (tertiary/aromatic N) is 4. The monoisotopic (exact) mass is 464 g/mol. The van der Waals surface area contributed by atoms with Crippen molar-refractivity contribution in [3.63, 3.8) is 0 Å². The third kappa shape index (κ3) is 6.51. The highest BCUT2D eigenvalue weighted by Crippen LogP contribution is 2.21. The molecule has 1 aromatic heterocycles. The Bertz CT molecular complexity index is 1140. The maximum Gasteiger partial charge on any atom is 0.246 e. The summed E-state index contributed by atoms with van der Waals surface area (Å²) in [6, 6.07) is 14.3. The molecule has 0 N–H and O–H groups in total. The van der Waals surface area contributed by atoms with E-state index in [-0.39, 0.29) is 17.8 Å². The van der Waals surface area contributed by atoms with Crippen LogP contribution in [0.1, 0.15) is 35.4 Å². The van der Waals surface area contributed by atoms with E-state index in [0.717, 1.165) is 42.1 Å². The maximum absolute atomic E-state index is 13.3. The van der Waals surface area contributed by atoms with Gasteiger partial charge in [0.15, 0.2) is 0 Å². The number of rotatable bonds is 8. The molecule has 0 spiro atoms. The van der Waals surface area contributed by atoms with Gasteiger partial charge in [0.05, 0.1) is 0 Å². The molecule has 2 heterocycles. The summed E-state index contributed by atoms with van der Waals surface area (Å²) in [5.74, 6) is 0.455. The van der Waals surface area contributed by atoms with Crippen molar-refractivity contribution >= 4 is 12.0 Å². The Morgan fingerprint density at radius 1 is 1.18 bits per heavy atom. The van der Waals surface area contributed by atoms with Crippen LogP contribution in [0.4, 0.5) is 4.39 Å². The third-order valence-corrected chi connectivity index (χ3v) is 5.84. The van der Waals surface area contributed by atoms with E-state index in [4.69, 9.17) is 9.37 Å². The topological polar surface area (TPSA) is 71.7 Å². The van der Waals surface area contributed by atoms with Crippen LogP contribution in [0, 0.1) is 12.7 Å². The summed E-state index contributed by atoms with van der Waals surface area (Å²) >= 11 is 0. The van der Waals surface area contributed by atoms with E-state index in [1.807, 2.05) is 31.0 Å².